The number of carbonyl (C=O) groups excluding carboxylic acids is 1. The molecule has 1 N–H and O–H groups in total. The van der Waals surface area contributed by atoms with Crippen LogP contribution in [0.25, 0.3) is 11.0 Å². The third-order valence-corrected chi connectivity index (χ3v) is 3.22. The minimum absolute atomic E-state index is 0.00460. The zero-order valence-corrected chi connectivity index (χ0v) is 12.0. The maximum Gasteiger partial charge on any atom is 0.349 e. The number of rotatable bonds is 4. The normalized spacial score (nSPS) is 10.8. The van der Waals surface area contributed by atoms with Gasteiger partial charge in [-0.2, -0.15) is 0 Å². The lowest BCUT2D eigenvalue weighted by atomic mass is 10.2. The van der Waals surface area contributed by atoms with Gasteiger partial charge in [0, 0.05) is 25.3 Å². The van der Waals surface area contributed by atoms with Crippen LogP contribution in [0.5, 0.6) is 0 Å². The van der Waals surface area contributed by atoms with E-state index in [9.17, 15) is 9.59 Å². The van der Waals surface area contributed by atoms with Crippen molar-refractivity contribution < 1.29 is 13.6 Å². The molecular weight excluding hydrogens is 284 g/mol. The molecule has 2 aromatic heterocycles. The summed E-state index contributed by atoms with van der Waals surface area (Å²) in [5, 5.41) is 3.39. The first-order chi connectivity index (χ1) is 10.6. The molecule has 0 spiro atoms. The number of aromatic nitrogens is 1. The Hall–Kier alpha value is -2.89. The summed E-state index contributed by atoms with van der Waals surface area (Å²) in [6.07, 6.45) is 2.08. The number of para-hydroxylation sites is 1. The molecule has 22 heavy (non-hydrogen) atoms. The molecular formula is C16H14N2O4. The summed E-state index contributed by atoms with van der Waals surface area (Å²) in [5.74, 6) is 0.122. The lowest BCUT2D eigenvalue weighted by Crippen LogP contribution is -2.29. The molecule has 0 saturated carbocycles. The summed E-state index contributed by atoms with van der Waals surface area (Å²) in [5.41, 5.74) is 0.564. The minimum Gasteiger partial charge on any atom is -0.449 e. The second kappa shape index (κ2) is 5.85. The van der Waals surface area contributed by atoms with Crippen molar-refractivity contribution in [3.8, 4) is 0 Å². The molecule has 0 saturated heterocycles. The lowest BCUT2D eigenvalue weighted by molar-refractivity contribution is 0.0950. The van der Waals surface area contributed by atoms with Crippen LogP contribution in [-0.4, -0.2) is 17.4 Å². The van der Waals surface area contributed by atoms with Gasteiger partial charge in [-0.05, 0) is 12.1 Å². The van der Waals surface area contributed by atoms with Crippen LogP contribution in [0.15, 0.2) is 50.2 Å². The van der Waals surface area contributed by atoms with E-state index in [-0.39, 0.29) is 5.56 Å². The highest BCUT2D eigenvalue weighted by Gasteiger charge is 2.13. The first-order valence-corrected chi connectivity index (χ1v) is 6.85. The summed E-state index contributed by atoms with van der Waals surface area (Å²) in [4.78, 5) is 28.1. The average molecular weight is 298 g/mol. The van der Waals surface area contributed by atoms with Gasteiger partial charge in [-0.1, -0.05) is 18.2 Å². The van der Waals surface area contributed by atoms with Crippen molar-refractivity contribution in [2.24, 2.45) is 0 Å². The number of aryl methyl sites for hydroxylation is 1. The smallest absolute Gasteiger partial charge is 0.349 e. The number of benzene rings is 1. The second-order valence-corrected chi connectivity index (χ2v) is 4.85. The van der Waals surface area contributed by atoms with Gasteiger partial charge in [0.25, 0.3) is 5.91 Å². The van der Waals surface area contributed by atoms with Crippen LogP contribution in [0.2, 0.25) is 0 Å². The van der Waals surface area contributed by atoms with Crippen LogP contribution in [0.3, 0.4) is 0 Å². The number of nitrogens with one attached hydrogen (secondary N) is 1. The zero-order chi connectivity index (χ0) is 15.5. The third kappa shape index (κ3) is 2.90. The van der Waals surface area contributed by atoms with Gasteiger partial charge >= 0.3 is 5.63 Å². The van der Waals surface area contributed by atoms with Crippen molar-refractivity contribution in [3.63, 3.8) is 0 Å². The zero-order valence-electron chi connectivity index (χ0n) is 12.0. The molecule has 3 aromatic rings. The van der Waals surface area contributed by atoms with E-state index in [4.69, 9.17) is 8.83 Å². The fourth-order valence-electron chi connectivity index (χ4n) is 2.14. The highest BCUT2D eigenvalue weighted by atomic mass is 16.4. The van der Waals surface area contributed by atoms with Crippen LogP contribution < -0.4 is 10.9 Å². The van der Waals surface area contributed by atoms with E-state index in [1.807, 2.05) is 6.07 Å². The molecule has 0 aliphatic carbocycles. The molecule has 1 amide bonds. The molecule has 2 heterocycles. The van der Waals surface area contributed by atoms with E-state index in [0.717, 1.165) is 5.69 Å². The topological polar surface area (TPSA) is 85.3 Å². The van der Waals surface area contributed by atoms with Crippen LogP contribution >= 0.6 is 0 Å². The molecule has 0 fully saturated rings. The molecule has 1 aromatic carbocycles. The number of nitrogens with zero attached hydrogens (tertiary/aromatic N) is 1. The largest absolute Gasteiger partial charge is 0.449 e. The molecule has 0 aliphatic heterocycles. The Morgan fingerprint density at radius 3 is 2.91 bits per heavy atom. The van der Waals surface area contributed by atoms with Crippen LogP contribution in [0, 0.1) is 6.92 Å². The lowest BCUT2D eigenvalue weighted by Gasteiger charge is -2.04. The van der Waals surface area contributed by atoms with Crippen LogP contribution in [0.1, 0.15) is 21.9 Å². The summed E-state index contributed by atoms with van der Waals surface area (Å²) in [6.45, 7) is 2.11. The Balaban J connectivity index is 1.72. The Morgan fingerprint density at radius 1 is 1.32 bits per heavy atom. The standard InChI is InChI=1S/C16H14N2O4/c1-10-18-12(9-21-10)6-7-17-15(19)13-8-11-4-2-3-5-14(11)22-16(13)20/h2-5,8-9H,6-7H2,1H3,(H,17,19). The quantitative estimate of drug-likeness (QED) is 0.745. The van der Waals surface area contributed by atoms with Crippen LogP contribution in [-0.2, 0) is 6.42 Å². The Morgan fingerprint density at radius 2 is 2.14 bits per heavy atom. The summed E-state index contributed by atoms with van der Waals surface area (Å²) >= 11 is 0. The first-order valence-electron chi connectivity index (χ1n) is 6.85. The van der Waals surface area contributed by atoms with Gasteiger partial charge in [0.15, 0.2) is 5.89 Å². The number of oxazole rings is 1. The Labute approximate surface area is 125 Å². The molecule has 3 rings (SSSR count). The SMILES string of the molecule is Cc1nc(CCNC(=O)c2cc3ccccc3oc2=O)co1. The number of hydrogen-bond acceptors (Lipinski definition) is 5. The van der Waals surface area contributed by atoms with Gasteiger partial charge in [-0.15, -0.1) is 0 Å². The summed E-state index contributed by atoms with van der Waals surface area (Å²) in [7, 11) is 0. The van der Waals surface area contributed by atoms with E-state index < -0.39 is 11.5 Å². The highest BCUT2D eigenvalue weighted by molar-refractivity contribution is 5.96. The van der Waals surface area contributed by atoms with E-state index in [1.54, 1.807) is 31.4 Å². The highest BCUT2D eigenvalue weighted by Crippen LogP contribution is 2.12. The molecule has 0 radical (unpaired) electrons. The number of amides is 1. The summed E-state index contributed by atoms with van der Waals surface area (Å²) in [6, 6.07) is 8.59. The second-order valence-electron chi connectivity index (χ2n) is 4.85. The Kier molecular flexibility index (Phi) is 3.74. The molecule has 0 aliphatic rings. The fourth-order valence-corrected chi connectivity index (χ4v) is 2.14. The monoisotopic (exact) mass is 298 g/mol. The summed E-state index contributed by atoms with van der Waals surface area (Å²) < 4.78 is 10.2. The molecule has 0 bridgehead atoms. The van der Waals surface area contributed by atoms with E-state index in [1.165, 1.54) is 6.07 Å². The van der Waals surface area contributed by atoms with Crippen molar-refractivity contribution in [1.82, 2.24) is 10.3 Å². The van der Waals surface area contributed by atoms with Gasteiger partial charge in [0.2, 0.25) is 0 Å². The molecule has 112 valence electrons. The predicted octanol–water partition coefficient (Wildman–Crippen LogP) is 2.06. The Bertz CT molecular complexity index is 879. The van der Waals surface area contributed by atoms with Gasteiger partial charge in [0.05, 0.1) is 5.69 Å². The maximum absolute atomic E-state index is 12.1. The average Bonchev–Trinajstić information content (AvgIpc) is 2.92. The van der Waals surface area contributed by atoms with Gasteiger partial charge < -0.3 is 14.2 Å². The third-order valence-electron chi connectivity index (χ3n) is 3.22. The molecule has 6 heteroatoms. The maximum atomic E-state index is 12.1. The number of hydrogen-bond donors (Lipinski definition) is 1. The number of fused-ring (bicyclic) bond motifs is 1. The molecule has 0 unspecified atom stereocenters. The van der Waals surface area contributed by atoms with Gasteiger partial charge in [0.1, 0.15) is 17.4 Å². The molecule has 0 atom stereocenters. The van der Waals surface area contributed by atoms with Gasteiger partial charge in [-0.25, -0.2) is 9.78 Å². The predicted molar refractivity (Wildman–Crippen MR) is 79.8 cm³/mol. The van der Waals surface area contributed by atoms with Crippen LogP contribution in [0.4, 0.5) is 0 Å². The van der Waals surface area contributed by atoms with E-state index in [0.29, 0.717) is 29.8 Å². The van der Waals surface area contributed by atoms with Gasteiger partial charge in [-0.3, -0.25) is 4.79 Å². The fraction of sp³-hybridized carbons (Fsp3) is 0.188. The first kappa shape index (κ1) is 14.1. The number of carbonyl (C=O) groups is 1. The van der Waals surface area contributed by atoms with Crippen molar-refractivity contribution >= 4 is 16.9 Å². The van der Waals surface area contributed by atoms with Crippen molar-refractivity contribution in [3.05, 3.63) is 64.2 Å². The minimum atomic E-state index is -0.645. The van der Waals surface area contributed by atoms with E-state index in [2.05, 4.69) is 10.3 Å². The van der Waals surface area contributed by atoms with E-state index >= 15 is 0 Å². The van der Waals surface area contributed by atoms with Crippen molar-refractivity contribution in [2.75, 3.05) is 6.54 Å². The van der Waals surface area contributed by atoms with Crippen molar-refractivity contribution in [1.29, 1.82) is 0 Å². The van der Waals surface area contributed by atoms with Crippen molar-refractivity contribution in [2.45, 2.75) is 13.3 Å². The molecule has 6 nitrogen and oxygen atoms in total.